The van der Waals surface area contributed by atoms with Crippen molar-refractivity contribution in [2.75, 3.05) is 13.2 Å². The molecule has 1 aliphatic rings. The fourth-order valence-electron chi connectivity index (χ4n) is 2.49. The Morgan fingerprint density at radius 3 is 2.62 bits per heavy atom. The van der Waals surface area contributed by atoms with Gasteiger partial charge < -0.3 is 10.1 Å². The minimum atomic E-state index is -4.48. The van der Waals surface area contributed by atoms with Crippen molar-refractivity contribution >= 4 is 11.6 Å². The zero-order valence-electron chi connectivity index (χ0n) is 11.9. The van der Waals surface area contributed by atoms with Gasteiger partial charge in [0.15, 0.2) is 0 Å². The number of halogens is 4. The first kappa shape index (κ1) is 16.5. The second-order valence-electron chi connectivity index (χ2n) is 5.37. The molecule has 1 aromatic heterocycles. The first-order valence-electron chi connectivity index (χ1n) is 6.86. The fraction of sp³-hybridized carbons (Fsp3) is 0.643. The number of rotatable bonds is 4. The van der Waals surface area contributed by atoms with Crippen LogP contribution in [0.4, 0.5) is 13.2 Å². The van der Waals surface area contributed by atoms with Crippen LogP contribution in [0.15, 0.2) is 12.1 Å². The van der Waals surface area contributed by atoms with Gasteiger partial charge in [-0.3, -0.25) is 0 Å². The number of pyridine rings is 1. The summed E-state index contributed by atoms with van der Waals surface area (Å²) in [6.45, 7) is 5.37. The second-order valence-corrected chi connectivity index (χ2v) is 5.73. The molecule has 0 saturated carbocycles. The molecule has 0 radical (unpaired) electrons. The van der Waals surface area contributed by atoms with Crippen molar-refractivity contribution in [3.8, 4) is 0 Å². The lowest BCUT2D eigenvalue weighted by atomic mass is 9.99. The molecule has 1 aliphatic heterocycles. The summed E-state index contributed by atoms with van der Waals surface area (Å²) in [7, 11) is 0. The zero-order chi connectivity index (χ0) is 15.6. The van der Waals surface area contributed by atoms with Crippen LogP contribution in [0.1, 0.15) is 37.6 Å². The van der Waals surface area contributed by atoms with Crippen molar-refractivity contribution in [3.05, 3.63) is 28.5 Å². The van der Waals surface area contributed by atoms with Crippen molar-refractivity contribution in [1.82, 2.24) is 10.3 Å². The molecule has 1 aromatic rings. The summed E-state index contributed by atoms with van der Waals surface area (Å²) in [5.41, 5.74) is -0.406. The van der Waals surface area contributed by atoms with Gasteiger partial charge in [0.2, 0.25) is 0 Å². The molecule has 3 nitrogen and oxygen atoms in total. The predicted octanol–water partition coefficient (Wildman–Crippen LogP) is 3.83. The SMILES string of the molecule is C[C@H](N[C@H](C)[C@@H]1CCOC1)c1ccc(C(F)(F)F)nc1Cl. The van der Waals surface area contributed by atoms with Gasteiger partial charge in [-0.05, 0) is 32.3 Å². The molecule has 2 heterocycles. The largest absolute Gasteiger partial charge is 0.433 e. The van der Waals surface area contributed by atoms with Crippen LogP contribution in [0.2, 0.25) is 5.15 Å². The molecule has 1 saturated heterocycles. The highest BCUT2D eigenvalue weighted by Gasteiger charge is 2.33. The maximum Gasteiger partial charge on any atom is 0.433 e. The molecule has 0 unspecified atom stereocenters. The van der Waals surface area contributed by atoms with E-state index >= 15 is 0 Å². The number of hydrogen-bond acceptors (Lipinski definition) is 3. The first-order chi connectivity index (χ1) is 9.79. The fourth-order valence-corrected chi connectivity index (χ4v) is 2.81. The summed E-state index contributed by atoms with van der Waals surface area (Å²) in [5, 5.41) is 3.24. The first-order valence-corrected chi connectivity index (χ1v) is 7.24. The van der Waals surface area contributed by atoms with Gasteiger partial charge in [-0.25, -0.2) is 4.98 Å². The van der Waals surface area contributed by atoms with Crippen LogP contribution in [-0.4, -0.2) is 24.2 Å². The topological polar surface area (TPSA) is 34.1 Å². The third kappa shape index (κ3) is 4.08. The van der Waals surface area contributed by atoms with Crippen LogP contribution >= 0.6 is 11.6 Å². The highest BCUT2D eigenvalue weighted by atomic mass is 35.5. The Hall–Kier alpha value is -0.850. The highest BCUT2D eigenvalue weighted by Crippen LogP contribution is 2.31. The third-order valence-corrected chi connectivity index (χ3v) is 4.12. The summed E-state index contributed by atoms with van der Waals surface area (Å²) in [4.78, 5) is 3.45. The molecular formula is C14H18ClF3N2O. The van der Waals surface area contributed by atoms with E-state index in [-0.39, 0.29) is 17.2 Å². The quantitative estimate of drug-likeness (QED) is 0.855. The van der Waals surface area contributed by atoms with E-state index in [9.17, 15) is 13.2 Å². The van der Waals surface area contributed by atoms with Crippen LogP contribution < -0.4 is 5.32 Å². The highest BCUT2D eigenvalue weighted by molar-refractivity contribution is 6.30. The molecule has 21 heavy (non-hydrogen) atoms. The van der Waals surface area contributed by atoms with Crippen LogP contribution in [-0.2, 0) is 10.9 Å². The van der Waals surface area contributed by atoms with Gasteiger partial charge in [-0.2, -0.15) is 13.2 Å². The standard InChI is InChI=1S/C14H18ClF3N2O/c1-8(10-5-6-21-7-10)19-9(2)11-3-4-12(14(16,17)18)20-13(11)15/h3-4,8-10,19H,5-7H2,1-2H3/t8-,9+,10-/m1/s1. The van der Waals surface area contributed by atoms with Crippen LogP contribution in [0.3, 0.4) is 0 Å². The van der Waals surface area contributed by atoms with E-state index in [1.807, 2.05) is 13.8 Å². The molecule has 7 heteroatoms. The number of alkyl halides is 3. The molecule has 0 aliphatic carbocycles. The molecule has 0 bridgehead atoms. The minimum absolute atomic E-state index is 0.111. The molecule has 3 atom stereocenters. The molecule has 0 spiro atoms. The van der Waals surface area contributed by atoms with Gasteiger partial charge in [0, 0.05) is 24.3 Å². The van der Waals surface area contributed by atoms with E-state index in [0.29, 0.717) is 18.1 Å². The van der Waals surface area contributed by atoms with E-state index in [2.05, 4.69) is 10.3 Å². The molecule has 1 N–H and O–H groups in total. The summed E-state index contributed by atoms with van der Waals surface area (Å²) in [5.74, 6) is 0.411. The molecule has 0 aromatic carbocycles. The van der Waals surface area contributed by atoms with Crippen LogP contribution in [0, 0.1) is 5.92 Å². The number of ether oxygens (including phenoxy) is 1. The number of nitrogens with one attached hydrogen (secondary N) is 1. The molecule has 2 rings (SSSR count). The van der Waals surface area contributed by atoms with Gasteiger partial charge in [0.05, 0.1) is 6.61 Å². The number of nitrogens with zero attached hydrogens (tertiary/aromatic N) is 1. The van der Waals surface area contributed by atoms with E-state index in [0.717, 1.165) is 19.1 Å². The maximum atomic E-state index is 12.6. The lowest BCUT2D eigenvalue weighted by Gasteiger charge is -2.24. The Morgan fingerprint density at radius 2 is 2.10 bits per heavy atom. The second kappa shape index (κ2) is 6.50. The Balaban J connectivity index is 2.06. The van der Waals surface area contributed by atoms with E-state index in [1.165, 1.54) is 6.07 Å². The summed E-state index contributed by atoms with van der Waals surface area (Å²) in [6.07, 6.45) is -3.49. The monoisotopic (exact) mass is 322 g/mol. The molecule has 118 valence electrons. The third-order valence-electron chi connectivity index (χ3n) is 3.82. The lowest BCUT2D eigenvalue weighted by molar-refractivity contribution is -0.141. The van der Waals surface area contributed by atoms with Crippen molar-refractivity contribution in [1.29, 1.82) is 0 Å². The van der Waals surface area contributed by atoms with E-state index in [1.54, 1.807) is 0 Å². The van der Waals surface area contributed by atoms with Crippen molar-refractivity contribution in [3.63, 3.8) is 0 Å². The van der Waals surface area contributed by atoms with E-state index < -0.39 is 11.9 Å². The average molecular weight is 323 g/mol. The summed E-state index contributed by atoms with van der Waals surface area (Å²) in [6, 6.07) is 2.36. The molecular weight excluding hydrogens is 305 g/mol. The maximum absolute atomic E-state index is 12.6. The summed E-state index contributed by atoms with van der Waals surface area (Å²) >= 11 is 5.90. The minimum Gasteiger partial charge on any atom is -0.381 e. The Kier molecular flexibility index (Phi) is 5.11. The molecule has 1 fully saturated rings. The lowest BCUT2D eigenvalue weighted by Crippen LogP contribution is -2.35. The van der Waals surface area contributed by atoms with Crippen molar-refractivity contribution in [2.45, 2.75) is 38.5 Å². The van der Waals surface area contributed by atoms with Crippen LogP contribution in [0.25, 0.3) is 0 Å². The number of aromatic nitrogens is 1. The number of hydrogen-bond donors (Lipinski definition) is 1. The summed E-state index contributed by atoms with van der Waals surface area (Å²) < 4.78 is 43.0. The smallest absolute Gasteiger partial charge is 0.381 e. The van der Waals surface area contributed by atoms with Crippen LogP contribution in [0.5, 0.6) is 0 Å². The molecule has 0 amide bonds. The van der Waals surface area contributed by atoms with Gasteiger partial charge in [0.25, 0.3) is 0 Å². The van der Waals surface area contributed by atoms with Gasteiger partial charge in [0.1, 0.15) is 10.8 Å². The zero-order valence-corrected chi connectivity index (χ0v) is 12.6. The van der Waals surface area contributed by atoms with Gasteiger partial charge in [-0.1, -0.05) is 17.7 Å². The van der Waals surface area contributed by atoms with Gasteiger partial charge in [-0.15, -0.1) is 0 Å². The van der Waals surface area contributed by atoms with Crippen molar-refractivity contribution < 1.29 is 17.9 Å². The predicted molar refractivity (Wildman–Crippen MR) is 74.2 cm³/mol. The van der Waals surface area contributed by atoms with E-state index in [4.69, 9.17) is 16.3 Å². The Bertz CT molecular complexity index is 490. The normalized spacial score (nSPS) is 22.3. The van der Waals surface area contributed by atoms with Gasteiger partial charge >= 0.3 is 6.18 Å². The van der Waals surface area contributed by atoms with Crippen molar-refractivity contribution in [2.24, 2.45) is 5.92 Å². The Morgan fingerprint density at radius 1 is 1.38 bits per heavy atom. The Labute approximate surface area is 126 Å². The average Bonchev–Trinajstić information content (AvgIpc) is 2.91.